The second kappa shape index (κ2) is 8.39. The van der Waals surface area contributed by atoms with Crippen LogP contribution in [0.5, 0.6) is 0 Å². The van der Waals surface area contributed by atoms with Crippen molar-refractivity contribution in [2.75, 3.05) is 7.11 Å². The van der Waals surface area contributed by atoms with E-state index >= 15 is 0 Å². The maximum atomic E-state index is 11.7. The number of hydrogen-bond donors (Lipinski definition) is 1. The van der Waals surface area contributed by atoms with Crippen LogP contribution in [0.25, 0.3) is 0 Å². The average Bonchev–Trinajstić information content (AvgIpc) is 2.36. The van der Waals surface area contributed by atoms with Crippen molar-refractivity contribution >= 4 is 17.5 Å². The Balaban J connectivity index is 5.00. The summed E-state index contributed by atoms with van der Waals surface area (Å²) in [5, 5.41) is 7.75. The molecule has 0 amide bonds. The zero-order valence-corrected chi connectivity index (χ0v) is 11.4. The van der Waals surface area contributed by atoms with Crippen LogP contribution in [0.3, 0.4) is 0 Å². The molecule has 0 heterocycles. The van der Waals surface area contributed by atoms with E-state index in [1.54, 1.807) is 19.9 Å². The number of allylic oxidation sites excluding steroid dienone is 3. The Labute approximate surface area is 108 Å². The summed E-state index contributed by atoms with van der Waals surface area (Å²) < 4.78 is 4.60. The minimum absolute atomic E-state index is 0.0388. The average molecular weight is 251 g/mol. The fourth-order valence-corrected chi connectivity index (χ4v) is 1.27. The van der Waals surface area contributed by atoms with Crippen molar-refractivity contribution < 1.29 is 14.3 Å². The van der Waals surface area contributed by atoms with Gasteiger partial charge in [-0.3, -0.25) is 10.2 Å². The van der Waals surface area contributed by atoms with Gasteiger partial charge in [0, 0.05) is 5.92 Å². The van der Waals surface area contributed by atoms with Gasteiger partial charge in [-0.25, -0.2) is 4.79 Å². The maximum Gasteiger partial charge on any atom is 0.339 e. The molecule has 0 spiro atoms. The summed E-state index contributed by atoms with van der Waals surface area (Å²) in [6.07, 6.45) is 6.81. The van der Waals surface area contributed by atoms with E-state index in [-0.39, 0.29) is 23.0 Å². The zero-order chi connectivity index (χ0) is 14.1. The van der Waals surface area contributed by atoms with Gasteiger partial charge in [0.2, 0.25) is 0 Å². The van der Waals surface area contributed by atoms with Crippen molar-refractivity contribution in [1.82, 2.24) is 0 Å². The van der Waals surface area contributed by atoms with E-state index in [1.807, 2.05) is 19.1 Å². The predicted molar refractivity (Wildman–Crippen MR) is 71.7 cm³/mol. The van der Waals surface area contributed by atoms with E-state index in [0.717, 1.165) is 6.42 Å². The molecule has 0 rings (SSSR count). The summed E-state index contributed by atoms with van der Waals surface area (Å²) in [6, 6.07) is 0. The van der Waals surface area contributed by atoms with Crippen molar-refractivity contribution in [1.29, 1.82) is 5.41 Å². The lowest BCUT2D eigenvalue weighted by Gasteiger charge is -2.08. The van der Waals surface area contributed by atoms with E-state index in [4.69, 9.17) is 5.41 Å². The molecule has 0 atom stereocenters. The van der Waals surface area contributed by atoms with Gasteiger partial charge in [-0.1, -0.05) is 39.0 Å². The molecule has 100 valence electrons. The summed E-state index contributed by atoms with van der Waals surface area (Å²) in [4.78, 5) is 23.2. The Morgan fingerprint density at radius 1 is 1.28 bits per heavy atom. The van der Waals surface area contributed by atoms with E-state index in [9.17, 15) is 9.59 Å². The number of ether oxygens (including phenoxy) is 1. The Bertz CT molecular complexity index is 379. The third kappa shape index (κ3) is 5.08. The van der Waals surface area contributed by atoms with Gasteiger partial charge in [-0.05, 0) is 12.8 Å². The highest BCUT2D eigenvalue weighted by molar-refractivity contribution is 6.50. The van der Waals surface area contributed by atoms with Crippen LogP contribution in [-0.2, 0) is 14.3 Å². The maximum absolute atomic E-state index is 11.7. The molecule has 0 aromatic heterocycles. The highest BCUT2D eigenvalue weighted by Crippen LogP contribution is 2.08. The Hall–Kier alpha value is -1.71. The summed E-state index contributed by atoms with van der Waals surface area (Å²) in [7, 11) is 1.24. The first-order valence-electron chi connectivity index (χ1n) is 6.02. The first-order valence-corrected chi connectivity index (χ1v) is 6.02. The molecule has 0 bridgehead atoms. The van der Waals surface area contributed by atoms with Crippen molar-refractivity contribution in [3.05, 3.63) is 23.8 Å². The lowest BCUT2D eigenvalue weighted by Crippen LogP contribution is -2.25. The summed E-state index contributed by atoms with van der Waals surface area (Å²) in [5.41, 5.74) is -0.237. The molecule has 0 aromatic carbocycles. The molecule has 0 aliphatic rings. The molecule has 0 radical (unpaired) electrons. The van der Waals surface area contributed by atoms with Crippen molar-refractivity contribution in [3.63, 3.8) is 0 Å². The van der Waals surface area contributed by atoms with Crippen LogP contribution in [0.2, 0.25) is 0 Å². The second-order valence-electron chi connectivity index (χ2n) is 4.12. The quantitative estimate of drug-likeness (QED) is 0.327. The van der Waals surface area contributed by atoms with Crippen molar-refractivity contribution in [3.8, 4) is 0 Å². The SMILES string of the molecule is CC/C=C/C/C=C(\C(=N)C(=O)C(C)C)C(=O)OC. The van der Waals surface area contributed by atoms with Gasteiger partial charge in [0.15, 0.2) is 5.78 Å². The smallest absolute Gasteiger partial charge is 0.339 e. The molecular formula is C14H21NO3. The number of methoxy groups -OCH3 is 1. The molecule has 0 aromatic rings. The summed E-state index contributed by atoms with van der Waals surface area (Å²) >= 11 is 0. The Morgan fingerprint density at radius 3 is 2.33 bits per heavy atom. The van der Waals surface area contributed by atoms with Gasteiger partial charge in [0.05, 0.1) is 12.7 Å². The first-order chi connectivity index (χ1) is 8.45. The van der Waals surface area contributed by atoms with Crippen molar-refractivity contribution in [2.45, 2.75) is 33.6 Å². The van der Waals surface area contributed by atoms with Crippen LogP contribution >= 0.6 is 0 Å². The van der Waals surface area contributed by atoms with Gasteiger partial charge in [0.25, 0.3) is 0 Å². The van der Waals surface area contributed by atoms with Crippen LogP contribution in [0.4, 0.5) is 0 Å². The van der Waals surface area contributed by atoms with E-state index < -0.39 is 5.97 Å². The summed E-state index contributed by atoms with van der Waals surface area (Å²) in [6.45, 7) is 5.40. The topological polar surface area (TPSA) is 67.2 Å². The highest BCUT2D eigenvalue weighted by Gasteiger charge is 2.23. The van der Waals surface area contributed by atoms with E-state index in [0.29, 0.717) is 6.42 Å². The zero-order valence-electron chi connectivity index (χ0n) is 11.4. The van der Waals surface area contributed by atoms with Crippen LogP contribution in [0.1, 0.15) is 33.6 Å². The molecular weight excluding hydrogens is 230 g/mol. The summed E-state index contributed by atoms with van der Waals surface area (Å²) in [5.74, 6) is -1.30. The number of carbonyl (C=O) groups excluding carboxylic acids is 2. The molecule has 0 aliphatic carbocycles. The van der Waals surface area contributed by atoms with Gasteiger partial charge in [-0.15, -0.1) is 0 Å². The fourth-order valence-electron chi connectivity index (χ4n) is 1.27. The van der Waals surface area contributed by atoms with Crippen LogP contribution in [-0.4, -0.2) is 24.6 Å². The van der Waals surface area contributed by atoms with Gasteiger partial charge in [0.1, 0.15) is 5.71 Å². The molecule has 0 unspecified atom stereocenters. The standard InChI is InChI=1S/C14H21NO3/c1-5-6-7-8-9-11(14(17)18-4)12(15)13(16)10(2)3/h6-7,9-10,15H,5,8H2,1-4H3/b7-6+,11-9+,15-12?. The molecule has 0 saturated carbocycles. The highest BCUT2D eigenvalue weighted by atomic mass is 16.5. The third-order valence-electron chi connectivity index (χ3n) is 2.31. The lowest BCUT2D eigenvalue weighted by atomic mass is 9.98. The number of rotatable bonds is 7. The largest absolute Gasteiger partial charge is 0.465 e. The monoisotopic (exact) mass is 251 g/mol. The number of carbonyl (C=O) groups is 2. The Morgan fingerprint density at radius 2 is 1.89 bits per heavy atom. The fraction of sp³-hybridized carbons (Fsp3) is 0.500. The minimum atomic E-state index is -0.640. The molecule has 4 heteroatoms. The molecule has 0 aliphatic heterocycles. The second-order valence-corrected chi connectivity index (χ2v) is 4.12. The van der Waals surface area contributed by atoms with Crippen LogP contribution in [0, 0.1) is 11.3 Å². The molecule has 4 nitrogen and oxygen atoms in total. The van der Waals surface area contributed by atoms with Gasteiger partial charge >= 0.3 is 5.97 Å². The number of esters is 1. The van der Waals surface area contributed by atoms with Crippen LogP contribution in [0.15, 0.2) is 23.8 Å². The van der Waals surface area contributed by atoms with Gasteiger partial charge in [-0.2, -0.15) is 0 Å². The third-order valence-corrected chi connectivity index (χ3v) is 2.31. The normalized spacial score (nSPS) is 11.9. The van der Waals surface area contributed by atoms with Gasteiger partial charge < -0.3 is 4.74 Å². The van der Waals surface area contributed by atoms with E-state index in [1.165, 1.54) is 7.11 Å². The molecule has 18 heavy (non-hydrogen) atoms. The predicted octanol–water partition coefficient (Wildman–Crippen LogP) is 2.69. The van der Waals surface area contributed by atoms with Crippen LogP contribution < -0.4 is 0 Å². The number of ketones is 1. The minimum Gasteiger partial charge on any atom is -0.465 e. The molecule has 1 N–H and O–H groups in total. The lowest BCUT2D eigenvalue weighted by molar-refractivity contribution is -0.135. The number of nitrogens with one attached hydrogen (secondary N) is 1. The van der Waals surface area contributed by atoms with E-state index in [2.05, 4.69) is 4.74 Å². The molecule has 0 saturated heterocycles. The van der Waals surface area contributed by atoms with Crippen molar-refractivity contribution in [2.24, 2.45) is 5.92 Å². The molecule has 0 fully saturated rings. The number of hydrogen-bond acceptors (Lipinski definition) is 4. The Kier molecular flexibility index (Phi) is 7.59. The first kappa shape index (κ1) is 16.3. The number of Topliss-reactive ketones (excluding diaryl/α,β-unsaturated/α-hetero) is 1.